The van der Waals surface area contributed by atoms with Crippen LogP contribution in [0.4, 0.5) is 5.69 Å². The van der Waals surface area contributed by atoms with Crippen LogP contribution in [0.1, 0.15) is 17.5 Å². The molecule has 5 nitrogen and oxygen atoms in total. The van der Waals surface area contributed by atoms with E-state index in [1.165, 1.54) is 0 Å². The smallest absolute Gasteiger partial charge is 0.229 e. The van der Waals surface area contributed by atoms with E-state index in [0.29, 0.717) is 24.3 Å². The first-order valence-electron chi connectivity index (χ1n) is 7.78. The topological polar surface area (TPSA) is 73.2 Å². The average Bonchev–Trinajstić information content (AvgIpc) is 2.97. The number of benzene rings is 2. The second-order valence-corrected chi connectivity index (χ2v) is 5.84. The van der Waals surface area contributed by atoms with Crippen molar-refractivity contribution in [3.63, 3.8) is 0 Å². The highest BCUT2D eigenvalue weighted by Crippen LogP contribution is 2.22. The van der Waals surface area contributed by atoms with Crippen LogP contribution in [0.5, 0.6) is 0 Å². The first-order valence-corrected chi connectivity index (χ1v) is 7.78. The predicted octanol–water partition coefficient (Wildman–Crippen LogP) is 2.55. The molecule has 2 aromatic carbocycles. The van der Waals surface area contributed by atoms with Gasteiger partial charge in [0.1, 0.15) is 0 Å². The zero-order valence-electron chi connectivity index (χ0n) is 13.1. The van der Waals surface area contributed by atoms with Crippen LogP contribution in [0.15, 0.2) is 54.6 Å². The summed E-state index contributed by atoms with van der Waals surface area (Å²) in [7, 11) is 0. The number of hydrogen-bond acceptors (Lipinski definition) is 3. The number of nitrogens with zero attached hydrogens (tertiary/aromatic N) is 2. The molecular formula is C19H17N3O2. The van der Waals surface area contributed by atoms with Crippen LogP contribution in [-0.2, 0) is 16.1 Å². The predicted molar refractivity (Wildman–Crippen MR) is 89.8 cm³/mol. The van der Waals surface area contributed by atoms with Crippen molar-refractivity contribution in [3.8, 4) is 6.07 Å². The van der Waals surface area contributed by atoms with Crippen molar-refractivity contribution in [1.82, 2.24) is 4.90 Å². The molecule has 1 N–H and O–H groups in total. The van der Waals surface area contributed by atoms with Gasteiger partial charge in [0.05, 0.1) is 17.6 Å². The minimum Gasteiger partial charge on any atom is -0.338 e. The fraction of sp³-hybridized carbons (Fsp3) is 0.211. The number of hydrogen-bond donors (Lipinski definition) is 1. The van der Waals surface area contributed by atoms with Gasteiger partial charge in [-0.1, -0.05) is 30.3 Å². The number of amides is 2. The monoisotopic (exact) mass is 319 g/mol. The van der Waals surface area contributed by atoms with E-state index in [0.717, 1.165) is 5.56 Å². The van der Waals surface area contributed by atoms with E-state index in [1.54, 1.807) is 29.2 Å². The molecule has 2 amide bonds. The lowest BCUT2D eigenvalue weighted by Gasteiger charge is -2.16. The summed E-state index contributed by atoms with van der Waals surface area (Å²) >= 11 is 0. The van der Waals surface area contributed by atoms with E-state index in [9.17, 15) is 9.59 Å². The molecule has 120 valence electrons. The Morgan fingerprint density at radius 2 is 1.88 bits per heavy atom. The molecule has 0 aromatic heterocycles. The van der Waals surface area contributed by atoms with Gasteiger partial charge in [0, 0.05) is 25.2 Å². The Labute approximate surface area is 140 Å². The van der Waals surface area contributed by atoms with Gasteiger partial charge in [-0.15, -0.1) is 0 Å². The van der Waals surface area contributed by atoms with Gasteiger partial charge < -0.3 is 10.2 Å². The molecule has 0 bridgehead atoms. The summed E-state index contributed by atoms with van der Waals surface area (Å²) in [4.78, 5) is 26.2. The van der Waals surface area contributed by atoms with E-state index in [4.69, 9.17) is 5.26 Å². The minimum atomic E-state index is -0.350. The van der Waals surface area contributed by atoms with Gasteiger partial charge in [0.2, 0.25) is 11.8 Å². The van der Waals surface area contributed by atoms with Gasteiger partial charge in [0.25, 0.3) is 0 Å². The summed E-state index contributed by atoms with van der Waals surface area (Å²) in [5.41, 5.74) is 2.23. The normalized spacial score (nSPS) is 16.7. The van der Waals surface area contributed by atoms with Crippen molar-refractivity contribution in [2.75, 3.05) is 11.9 Å². The number of rotatable bonds is 4. The van der Waals surface area contributed by atoms with Crippen LogP contribution in [0.2, 0.25) is 0 Å². The molecular weight excluding hydrogens is 302 g/mol. The third-order valence-corrected chi connectivity index (χ3v) is 4.08. The Morgan fingerprint density at radius 3 is 2.54 bits per heavy atom. The first-order chi connectivity index (χ1) is 11.7. The Kier molecular flexibility index (Phi) is 4.57. The number of nitrogens with one attached hydrogen (secondary N) is 1. The lowest BCUT2D eigenvalue weighted by atomic mass is 10.1. The zero-order valence-corrected chi connectivity index (χ0v) is 13.1. The molecule has 0 spiro atoms. The van der Waals surface area contributed by atoms with Gasteiger partial charge in [-0.2, -0.15) is 5.26 Å². The minimum absolute atomic E-state index is 0.00108. The SMILES string of the molecule is N#Cc1ccc(NC(=O)[C@@H]2CC(=O)N(Cc3ccccc3)C2)cc1. The number of anilines is 1. The number of likely N-dealkylation sites (tertiary alicyclic amines) is 1. The largest absolute Gasteiger partial charge is 0.338 e. The van der Waals surface area contributed by atoms with Gasteiger partial charge in [-0.05, 0) is 29.8 Å². The molecule has 0 aliphatic carbocycles. The molecule has 5 heteroatoms. The van der Waals surface area contributed by atoms with Crippen molar-refractivity contribution in [2.24, 2.45) is 5.92 Å². The second-order valence-electron chi connectivity index (χ2n) is 5.84. The van der Waals surface area contributed by atoms with Crippen LogP contribution in [0.3, 0.4) is 0 Å². The van der Waals surface area contributed by atoms with E-state index >= 15 is 0 Å². The van der Waals surface area contributed by atoms with Gasteiger partial charge in [-0.3, -0.25) is 9.59 Å². The van der Waals surface area contributed by atoms with E-state index < -0.39 is 0 Å². The zero-order chi connectivity index (χ0) is 16.9. The summed E-state index contributed by atoms with van der Waals surface area (Å²) in [5.74, 6) is -0.515. The standard InChI is InChI=1S/C19H17N3O2/c20-11-14-6-8-17(9-7-14)21-19(24)16-10-18(23)22(13-16)12-15-4-2-1-3-5-15/h1-9,16H,10,12-13H2,(H,21,24)/t16-/m1/s1. The third kappa shape index (κ3) is 3.61. The van der Waals surface area contributed by atoms with E-state index in [-0.39, 0.29) is 24.2 Å². The van der Waals surface area contributed by atoms with E-state index in [2.05, 4.69) is 5.32 Å². The number of carbonyl (C=O) groups is 2. The lowest BCUT2D eigenvalue weighted by Crippen LogP contribution is -2.28. The molecule has 1 saturated heterocycles. The molecule has 1 atom stereocenters. The van der Waals surface area contributed by atoms with Gasteiger partial charge >= 0.3 is 0 Å². The highest BCUT2D eigenvalue weighted by atomic mass is 16.2. The van der Waals surface area contributed by atoms with Crippen LogP contribution in [0.25, 0.3) is 0 Å². The van der Waals surface area contributed by atoms with Crippen molar-refractivity contribution in [1.29, 1.82) is 5.26 Å². The lowest BCUT2D eigenvalue weighted by molar-refractivity contribution is -0.128. The molecule has 0 unspecified atom stereocenters. The summed E-state index contributed by atoms with van der Waals surface area (Å²) < 4.78 is 0. The van der Waals surface area contributed by atoms with Crippen molar-refractivity contribution in [3.05, 3.63) is 65.7 Å². The Balaban J connectivity index is 1.60. The molecule has 1 fully saturated rings. The highest BCUT2D eigenvalue weighted by Gasteiger charge is 2.34. The summed E-state index contributed by atoms with van der Waals surface area (Å²) in [6.45, 7) is 0.955. The Bertz CT molecular complexity index is 779. The van der Waals surface area contributed by atoms with Crippen LogP contribution < -0.4 is 5.32 Å². The van der Waals surface area contributed by atoms with Crippen LogP contribution in [-0.4, -0.2) is 23.3 Å². The fourth-order valence-electron chi connectivity index (χ4n) is 2.78. The second kappa shape index (κ2) is 6.97. The Hall–Kier alpha value is -3.13. The first kappa shape index (κ1) is 15.8. The fourth-order valence-corrected chi connectivity index (χ4v) is 2.78. The van der Waals surface area contributed by atoms with Crippen molar-refractivity contribution >= 4 is 17.5 Å². The third-order valence-electron chi connectivity index (χ3n) is 4.08. The van der Waals surface area contributed by atoms with Crippen molar-refractivity contribution in [2.45, 2.75) is 13.0 Å². The molecule has 1 aliphatic rings. The van der Waals surface area contributed by atoms with Crippen LogP contribution in [0, 0.1) is 17.2 Å². The van der Waals surface area contributed by atoms with Gasteiger partial charge in [0.15, 0.2) is 0 Å². The Morgan fingerprint density at radius 1 is 1.17 bits per heavy atom. The summed E-state index contributed by atoms with van der Waals surface area (Å²) in [6.07, 6.45) is 0.231. The highest BCUT2D eigenvalue weighted by molar-refractivity contribution is 5.97. The maximum atomic E-state index is 12.4. The van der Waals surface area contributed by atoms with Crippen LogP contribution >= 0.6 is 0 Å². The molecule has 24 heavy (non-hydrogen) atoms. The quantitative estimate of drug-likeness (QED) is 0.941. The average molecular weight is 319 g/mol. The van der Waals surface area contributed by atoms with Crippen molar-refractivity contribution < 1.29 is 9.59 Å². The van der Waals surface area contributed by atoms with E-state index in [1.807, 2.05) is 36.4 Å². The molecule has 0 saturated carbocycles. The number of nitriles is 1. The van der Waals surface area contributed by atoms with Gasteiger partial charge in [-0.25, -0.2) is 0 Å². The summed E-state index contributed by atoms with van der Waals surface area (Å²) in [5, 5.41) is 11.6. The summed E-state index contributed by atoms with van der Waals surface area (Å²) in [6, 6.07) is 18.5. The molecule has 2 aromatic rings. The molecule has 1 heterocycles. The maximum Gasteiger partial charge on any atom is 0.229 e. The molecule has 1 aliphatic heterocycles. The molecule has 3 rings (SSSR count). The maximum absolute atomic E-state index is 12.4. The molecule has 0 radical (unpaired) electrons. The number of carbonyl (C=O) groups excluding carboxylic acids is 2.